The summed E-state index contributed by atoms with van der Waals surface area (Å²) < 4.78 is 0. The van der Waals surface area contributed by atoms with Gasteiger partial charge in [0.1, 0.15) is 0 Å². The summed E-state index contributed by atoms with van der Waals surface area (Å²) >= 11 is 0. The highest BCUT2D eigenvalue weighted by atomic mass is 16.3. The zero-order valence-corrected chi connectivity index (χ0v) is 10.6. The molecule has 1 unspecified atom stereocenters. The van der Waals surface area contributed by atoms with Crippen LogP contribution in [-0.2, 0) is 4.79 Å². The molecule has 1 heterocycles. The molecule has 2 N–H and O–H groups in total. The second-order valence-corrected chi connectivity index (χ2v) is 5.56. The Morgan fingerprint density at radius 1 is 1.50 bits per heavy atom. The van der Waals surface area contributed by atoms with Crippen LogP contribution in [0.4, 0.5) is 0 Å². The Morgan fingerprint density at radius 2 is 2.19 bits per heavy atom. The van der Waals surface area contributed by atoms with Crippen LogP contribution in [0, 0.1) is 0 Å². The zero-order chi connectivity index (χ0) is 12.2. The average molecular weight is 228 g/mol. The fraction of sp³-hybridized carbons (Fsp3) is 0.917. The number of piperidine rings is 1. The quantitative estimate of drug-likeness (QED) is 0.749. The molecule has 16 heavy (non-hydrogen) atoms. The molecule has 1 aliphatic heterocycles. The minimum absolute atomic E-state index is 0.0572. The van der Waals surface area contributed by atoms with Gasteiger partial charge in [-0.3, -0.25) is 4.79 Å². The SMILES string of the molecule is CC(C)(C)NCCC(=O)N1CCCC(O)C1. The molecular weight excluding hydrogens is 204 g/mol. The summed E-state index contributed by atoms with van der Waals surface area (Å²) in [4.78, 5) is 13.6. The number of aliphatic hydroxyl groups is 1. The van der Waals surface area contributed by atoms with Crippen molar-refractivity contribution in [2.45, 2.75) is 51.7 Å². The second-order valence-electron chi connectivity index (χ2n) is 5.56. The Bertz CT molecular complexity index is 236. The monoisotopic (exact) mass is 228 g/mol. The van der Waals surface area contributed by atoms with Gasteiger partial charge >= 0.3 is 0 Å². The summed E-state index contributed by atoms with van der Waals surface area (Å²) in [6.07, 6.45) is 1.93. The molecule has 0 saturated carbocycles. The number of hydrogen-bond donors (Lipinski definition) is 2. The summed E-state index contributed by atoms with van der Waals surface area (Å²) in [6, 6.07) is 0. The third kappa shape index (κ3) is 4.94. The number of aliphatic hydroxyl groups excluding tert-OH is 1. The number of nitrogens with zero attached hydrogens (tertiary/aromatic N) is 1. The van der Waals surface area contributed by atoms with Crippen LogP contribution in [0.2, 0.25) is 0 Å². The molecule has 4 heteroatoms. The van der Waals surface area contributed by atoms with Gasteiger partial charge in [-0.2, -0.15) is 0 Å². The van der Waals surface area contributed by atoms with E-state index in [-0.39, 0.29) is 17.6 Å². The lowest BCUT2D eigenvalue weighted by Gasteiger charge is -2.30. The third-order valence-corrected chi connectivity index (χ3v) is 2.74. The van der Waals surface area contributed by atoms with Crippen molar-refractivity contribution < 1.29 is 9.90 Å². The maximum Gasteiger partial charge on any atom is 0.223 e. The maximum atomic E-state index is 11.8. The standard InChI is InChI=1S/C12H24N2O2/c1-12(2,3)13-7-6-11(16)14-8-4-5-10(15)9-14/h10,13,15H,4-9H2,1-3H3. The number of carbonyl (C=O) groups is 1. The van der Waals surface area contributed by atoms with Crippen LogP contribution in [0.15, 0.2) is 0 Å². The first kappa shape index (κ1) is 13.5. The van der Waals surface area contributed by atoms with Crippen molar-refractivity contribution >= 4 is 5.91 Å². The molecule has 0 radical (unpaired) electrons. The summed E-state index contributed by atoms with van der Waals surface area (Å²) in [5, 5.41) is 12.8. The van der Waals surface area contributed by atoms with Gasteiger partial charge in [0.05, 0.1) is 6.10 Å². The second kappa shape index (κ2) is 5.64. The van der Waals surface area contributed by atoms with E-state index in [2.05, 4.69) is 26.1 Å². The normalized spacial score (nSPS) is 22.2. The fourth-order valence-electron chi connectivity index (χ4n) is 1.88. The summed E-state index contributed by atoms with van der Waals surface area (Å²) in [6.45, 7) is 8.26. The number of hydrogen-bond acceptors (Lipinski definition) is 3. The van der Waals surface area contributed by atoms with E-state index in [1.807, 2.05) is 0 Å². The molecule has 0 spiro atoms. The van der Waals surface area contributed by atoms with Gasteiger partial charge in [0.15, 0.2) is 0 Å². The molecule has 1 amide bonds. The van der Waals surface area contributed by atoms with Crippen LogP contribution in [0.1, 0.15) is 40.0 Å². The van der Waals surface area contributed by atoms with E-state index in [1.165, 1.54) is 0 Å². The molecule has 0 aromatic carbocycles. The van der Waals surface area contributed by atoms with Crippen LogP contribution in [0.5, 0.6) is 0 Å². The number of rotatable bonds is 3. The van der Waals surface area contributed by atoms with Crippen molar-refractivity contribution in [1.82, 2.24) is 10.2 Å². The van der Waals surface area contributed by atoms with E-state index in [1.54, 1.807) is 4.90 Å². The van der Waals surface area contributed by atoms with Crippen LogP contribution in [0.3, 0.4) is 0 Å². The number of likely N-dealkylation sites (tertiary alicyclic amines) is 1. The number of nitrogens with one attached hydrogen (secondary N) is 1. The molecule has 94 valence electrons. The Balaban J connectivity index is 2.24. The fourth-order valence-corrected chi connectivity index (χ4v) is 1.88. The minimum atomic E-state index is -0.326. The van der Waals surface area contributed by atoms with Gasteiger partial charge in [0.2, 0.25) is 5.91 Å². The van der Waals surface area contributed by atoms with Crippen LogP contribution < -0.4 is 5.32 Å². The van der Waals surface area contributed by atoms with Gasteiger partial charge in [-0.25, -0.2) is 0 Å². The molecule has 0 aliphatic carbocycles. The predicted molar refractivity (Wildman–Crippen MR) is 64.2 cm³/mol. The van der Waals surface area contributed by atoms with Crippen LogP contribution in [-0.4, -0.2) is 47.2 Å². The highest BCUT2D eigenvalue weighted by molar-refractivity contribution is 5.76. The number of amides is 1. The molecule has 0 aromatic heterocycles. The maximum absolute atomic E-state index is 11.8. The topological polar surface area (TPSA) is 52.6 Å². The van der Waals surface area contributed by atoms with Crippen molar-refractivity contribution in [1.29, 1.82) is 0 Å². The molecule has 1 atom stereocenters. The minimum Gasteiger partial charge on any atom is -0.391 e. The van der Waals surface area contributed by atoms with Crippen molar-refractivity contribution in [2.75, 3.05) is 19.6 Å². The van der Waals surface area contributed by atoms with Gasteiger partial charge in [0, 0.05) is 31.6 Å². The van der Waals surface area contributed by atoms with Gasteiger partial charge in [-0.15, -0.1) is 0 Å². The number of β-amino-alcohol motifs (C(OH)–C–C–N with tert-alkyl or cyclic N) is 1. The lowest BCUT2D eigenvalue weighted by Crippen LogP contribution is -2.44. The van der Waals surface area contributed by atoms with Crippen molar-refractivity contribution in [2.24, 2.45) is 0 Å². The summed E-state index contributed by atoms with van der Waals surface area (Å²) in [5.41, 5.74) is 0.0572. The number of carbonyl (C=O) groups excluding carboxylic acids is 1. The highest BCUT2D eigenvalue weighted by Crippen LogP contribution is 2.10. The predicted octanol–water partition coefficient (Wildman–Crippen LogP) is 0.748. The lowest BCUT2D eigenvalue weighted by atomic mass is 10.1. The Labute approximate surface area is 98.0 Å². The van der Waals surface area contributed by atoms with Crippen LogP contribution >= 0.6 is 0 Å². The Hall–Kier alpha value is -0.610. The first-order valence-electron chi connectivity index (χ1n) is 6.09. The zero-order valence-electron chi connectivity index (χ0n) is 10.6. The Morgan fingerprint density at radius 3 is 2.75 bits per heavy atom. The molecule has 1 saturated heterocycles. The first-order valence-corrected chi connectivity index (χ1v) is 6.09. The molecule has 4 nitrogen and oxygen atoms in total. The van der Waals surface area contributed by atoms with Gasteiger partial charge < -0.3 is 15.3 Å². The smallest absolute Gasteiger partial charge is 0.223 e. The van der Waals surface area contributed by atoms with Crippen molar-refractivity contribution in [3.05, 3.63) is 0 Å². The average Bonchev–Trinajstić information content (AvgIpc) is 2.15. The summed E-state index contributed by atoms with van der Waals surface area (Å²) in [5.74, 6) is 0.149. The summed E-state index contributed by atoms with van der Waals surface area (Å²) in [7, 11) is 0. The molecule has 1 fully saturated rings. The Kier molecular flexibility index (Phi) is 4.74. The van der Waals surface area contributed by atoms with Crippen molar-refractivity contribution in [3.8, 4) is 0 Å². The van der Waals surface area contributed by atoms with Gasteiger partial charge in [0.25, 0.3) is 0 Å². The molecule has 1 aliphatic rings. The van der Waals surface area contributed by atoms with Crippen molar-refractivity contribution in [3.63, 3.8) is 0 Å². The first-order chi connectivity index (χ1) is 7.38. The van der Waals surface area contributed by atoms with E-state index >= 15 is 0 Å². The van der Waals surface area contributed by atoms with E-state index in [0.717, 1.165) is 19.4 Å². The van der Waals surface area contributed by atoms with Gasteiger partial charge in [-0.05, 0) is 33.6 Å². The van der Waals surface area contributed by atoms with E-state index in [9.17, 15) is 9.90 Å². The molecule has 1 rings (SSSR count). The van der Waals surface area contributed by atoms with E-state index in [0.29, 0.717) is 19.5 Å². The largest absolute Gasteiger partial charge is 0.391 e. The lowest BCUT2D eigenvalue weighted by molar-refractivity contribution is -0.134. The molecule has 0 bridgehead atoms. The van der Waals surface area contributed by atoms with Gasteiger partial charge in [-0.1, -0.05) is 0 Å². The van der Waals surface area contributed by atoms with Crippen LogP contribution in [0.25, 0.3) is 0 Å². The third-order valence-electron chi connectivity index (χ3n) is 2.74. The van der Waals surface area contributed by atoms with E-state index < -0.39 is 0 Å². The molecular formula is C12H24N2O2. The van der Waals surface area contributed by atoms with E-state index in [4.69, 9.17) is 0 Å². The molecule has 0 aromatic rings. The highest BCUT2D eigenvalue weighted by Gasteiger charge is 2.21.